The summed E-state index contributed by atoms with van der Waals surface area (Å²) < 4.78 is 27.2. The summed E-state index contributed by atoms with van der Waals surface area (Å²) in [6.45, 7) is 2.35. The number of aromatic nitrogens is 1. The lowest BCUT2D eigenvalue weighted by Crippen LogP contribution is -2.46. The largest absolute Gasteiger partial charge is 0.322 e. The highest BCUT2D eigenvalue weighted by molar-refractivity contribution is 7.89. The van der Waals surface area contributed by atoms with Crippen LogP contribution in [0.3, 0.4) is 0 Å². The van der Waals surface area contributed by atoms with Gasteiger partial charge in [-0.2, -0.15) is 4.31 Å². The van der Waals surface area contributed by atoms with Crippen molar-refractivity contribution < 1.29 is 13.2 Å². The van der Waals surface area contributed by atoms with Crippen molar-refractivity contribution >= 4 is 33.2 Å². The van der Waals surface area contributed by atoms with Crippen molar-refractivity contribution in [2.24, 2.45) is 0 Å². The molecule has 0 bridgehead atoms. The van der Waals surface area contributed by atoms with Gasteiger partial charge in [0.1, 0.15) is 0 Å². The standard InChI is InChI=1S/C23H23ClN4O3S/c1-27-13-15-28(16-14-27)32(30,31)20-10-8-19(9-11-20)26-23(29)18-6-4-17(5-7-18)22-21(24)3-2-12-25-22/h2-12H,13-16H2,1H3,(H,26,29). The van der Waals surface area contributed by atoms with Gasteiger partial charge in [-0.15, -0.1) is 0 Å². The van der Waals surface area contributed by atoms with Gasteiger partial charge >= 0.3 is 0 Å². The number of nitrogens with one attached hydrogen (secondary N) is 1. The maximum Gasteiger partial charge on any atom is 0.255 e. The fourth-order valence-corrected chi connectivity index (χ4v) is 5.12. The Kier molecular flexibility index (Phi) is 6.57. The highest BCUT2D eigenvalue weighted by Crippen LogP contribution is 2.25. The molecule has 1 amide bonds. The minimum atomic E-state index is -3.54. The molecule has 3 aromatic rings. The number of amides is 1. The van der Waals surface area contributed by atoms with Gasteiger partial charge < -0.3 is 10.2 Å². The summed E-state index contributed by atoms with van der Waals surface area (Å²) in [6, 6.07) is 16.7. The highest BCUT2D eigenvalue weighted by atomic mass is 35.5. The smallest absolute Gasteiger partial charge is 0.255 e. The zero-order valence-corrected chi connectivity index (χ0v) is 19.1. The van der Waals surface area contributed by atoms with Crippen molar-refractivity contribution in [1.29, 1.82) is 0 Å². The zero-order chi connectivity index (χ0) is 22.7. The average Bonchev–Trinajstić information content (AvgIpc) is 2.80. The molecule has 0 unspecified atom stereocenters. The summed E-state index contributed by atoms with van der Waals surface area (Å²) in [5, 5.41) is 3.34. The van der Waals surface area contributed by atoms with E-state index in [0.717, 1.165) is 5.56 Å². The average molecular weight is 471 g/mol. The Bertz CT molecular complexity index is 1210. The first kappa shape index (κ1) is 22.4. The maximum atomic E-state index is 12.8. The minimum absolute atomic E-state index is 0.219. The molecule has 0 aliphatic carbocycles. The molecular weight excluding hydrogens is 448 g/mol. The lowest BCUT2D eigenvalue weighted by atomic mass is 10.1. The Morgan fingerprint density at radius 2 is 1.62 bits per heavy atom. The number of anilines is 1. The van der Waals surface area contributed by atoms with Crippen molar-refractivity contribution in [3.05, 3.63) is 77.4 Å². The molecular formula is C23H23ClN4O3S. The number of hydrogen-bond acceptors (Lipinski definition) is 5. The molecule has 1 fully saturated rings. The van der Waals surface area contributed by atoms with Gasteiger partial charge in [0.25, 0.3) is 5.91 Å². The Balaban J connectivity index is 1.43. The van der Waals surface area contributed by atoms with E-state index in [0.29, 0.717) is 48.1 Å². The van der Waals surface area contributed by atoms with E-state index in [9.17, 15) is 13.2 Å². The summed E-state index contributed by atoms with van der Waals surface area (Å²) in [6.07, 6.45) is 1.66. The van der Waals surface area contributed by atoms with Crippen molar-refractivity contribution in [2.45, 2.75) is 4.90 Å². The van der Waals surface area contributed by atoms with Gasteiger partial charge in [-0.25, -0.2) is 8.42 Å². The number of nitrogens with zero attached hydrogens (tertiary/aromatic N) is 3. The molecule has 2 heterocycles. The molecule has 1 aliphatic heterocycles. The molecule has 9 heteroatoms. The second kappa shape index (κ2) is 9.38. The molecule has 32 heavy (non-hydrogen) atoms. The summed E-state index contributed by atoms with van der Waals surface area (Å²) in [5.74, 6) is -0.293. The first-order chi connectivity index (χ1) is 15.3. The first-order valence-corrected chi connectivity index (χ1v) is 12.0. The number of pyridine rings is 1. The normalized spacial score (nSPS) is 15.4. The van der Waals surface area contributed by atoms with E-state index < -0.39 is 10.0 Å². The third kappa shape index (κ3) is 4.83. The zero-order valence-electron chi connectivity index (χ0n) is 17.5. The molecule has 1 saturated heterocycles. The summed E-state index contributed by atoms with van der Waals surface area (Å²) in [5.41, 5.74) is 2.45. The molecule has 2 aromatic carbocycles. The number of likely N-dealkylation sites (N-methyl/N-ethyl adjacent to an activating group) is 1. The van der Waals surface area contributed by atoms with Crippen LogP contribution in [0.1, 0.15) is 10.4 Å². The molecule has 4 rings (SSSR count). The third-order valence-corrected chi connectivity index (χ3v) is 7.61. The van der Waals surface area contributed by atoms with E-state index in [1.807, 2.05) is 7.05 Å². The van der Waals surface area contributed by atoms with Crippen molar-refractivity contribution in [2.75, 3.05) is 38.5 Å². The van der Waals surface area contributed by atoms with Crippen molar-refractivity contribution in [3.63, 3.8) is 0 Å². The molecule has 1 N–H and O–H groups in total. The number of carbonyl (C=O) groups excluding carboxylic acids is 1. The van der Waals surface area contributed by atoms with Crippen molar-refractivity contribution in [3.8, 4) is 11.3 Å². The van der Waals surface area contributed by atoms with Gasteiger partial charge in [0.15, 0.2) is 0 Å². The molecule has 1 aromatic heterocycles. The summed E-state index contributed by atoms with van der Waals surface area (Å²) in [4.78, 5) is 19.2. The lowest BCUT2D eigenvalue weighted by molar-refractivity contribution is 0.102. The van der Waals surface area contributed by atoms with Gasteiger partial charge in [-0.3, -0.25) is 9.78 Å². The van der Waals surface area contributed by atoms with Crippen LogP contribution in [0, 0.1) is 0 Å². The van der Waals surface area contributed by atoms with Crippen LogP contribution in [0.4, 0.5) is 5.69 Å². The predicted molar refractivity (Wildman–Crippen MR) is 125 cm³/mol. The molecule has 0 saturated carbocycles. The Morgan fingerprint density at radius 3 is 2.25 bits per heavy atom. The number of rotatable bonds is 5. The van der Waals surface area contributed by atoms with Crippen LogP contribution in [0.15, 0.2) is 71.8 Å². The molecule has 7 nitrogen and oxygen atoms in total. The van der Waals surface area contributed by atoms with E-state index in [1.165, 1.54) is 16.4 Å². The van der Waals surface area contributed by atoms with E-state index in [1.54, 1.807) is 54.7 Å². The van der Waals surface area contributed by atoms with E-state index >= 15 is 0 Å². The molecule has 0 spiro atoms. The van der Waals surface area contributed by atoms with Crippen LogP contribution >= 0.6 is 11.6 Å². The van der Waals surface area contributed by atoms with E-state index in [2.05, 4.69) is 15.2 Å². The van der Waals surface area contributed by atoms with Crippen LogP contribution in [-0.2, 0) is 10.0 Å². The Labute approximate surface area is 192 Å². The Morgan fingerprint density at radius 1 is 0.969 bits per heavy atom. The topological polar surface area (TPSA) is 82.6 Å². The second-order valence-electron chi connectivity index (χ2n) is 7.60. The van der Waals surface area contributed by atoms with Crippen LogP contribution in [0.5, 0.6) is 0 Å². The van der Waals surface area contributed by atoms with Crippen LogP contribution in [0.25, 0.3) is 11.3 Å². The number of carbonyl (C=O) groups is 1. The molecule has 0 atom stereocenters. The van der Waals surface area contributed by atoms with Gasteiger partial charge in [-0.1, -0.05) is 23.7 Å². The van der Waals surface area contributed by atoms with Gasteiger partial charge in [-0.05, 0) is 55.6 Å². The van der Waals surface area contributed by atoms with Crippen LogP contribution < -0.4 is 5.32 Å². The second-order valence-corrected chi connectivity index (χ2v) is 9.94. The van der Waals surface area contributed by atoms with Crippen LogP contribution in [0.2, 0.25) is 5.02 Å². The summed E-state index contributed by atoms with van der Waals surface area (Å²) >= 11 is 6.18. The predicted octanol–water partition coefficient (Wildman–Crippen LogP) is 3.59. The van der Waals surface area contributed by atoms with Gasteiger partial charge in [0.05, 0.1) is 15.6 Å². The van der Waals surface area contributed by atoms with Gasteiger partial charge in [0.2, 0.25) is 10.0 Å². The van der Waals surface area contributed by atoms with E-state index in [4.69, 9.17) is 11.6 Å². The molecule has 1 aliphatic rings. The monoisotopic (exact) mass is 470 g/mol. The third-order valence-electron chi connectivity index (χ3n) is 5.39. The SMILES string of the molecule is CN1CCN(S(=O)(=O)c2ccc(NC(=O)c3ccc(-c4ncccc4Cl)cc3)cc2)CC1. The first-order valence-electron chi connectivity index (χ1n) is 10.2. The molecule has 166 valence electrons. The van der Waals surface area contributed by atoms with Gasteiger partial charge in [0, 0.05) is 49.2 Å². The number of sulfonamides is 1. The summed E-state index contributed by atoms with van der Waals surface area (Å²) in [7, 11) is -1.57. The number of hydrogen-bond donors (Lipinski definition) is 1. The lowest BCUT2D eigenvalue weighted by Gasteiger charge is -2.31. The fourth-order valence-electron chi connectivity index (χ4n) is 3.47. The maximum absolute atomic E-state index is 12.8. The number of benzene rings is 2. The Hall–Kier alpha value is -2.78. The number of halogens is 1. The minimum Gasteiger partial charge on any atom is -0.322 e. The number of piperazine rings is 1. The van der Waals surface area contributed by atoms with Crippen LogP contribution in [-0.4, -0.2) is 61.7 Å². The molecule has 0 radical (unpaired) electrons. The van der Waals surface area contributed by atoms with E-state index in [-0.39, 0.29) is 10.8 Å². The van der Waals surface area contributed by atoms with Crippen molar-refractivity contribution in [1.82, 2.24) is 14.2 Å². The highest BCUT2D eigenvalue weighted by Gasteiger charge is 2.27. The fraction of sp³-hybridized carbons (Fsp3) is 0.217. The quantitative estimate of drug-likeness (QED) is 0.616.